The molecule has 0 unspecified atom stereocenters. The number of fused-ring (bicyclic) bond motifs is 1. The summed E-state index contributed by atoms with van der Waals surface area (Å²) in [5.74, 6) is 0.659. The number of allylic oxidation sites excluding steroid dienone is 1. The van der Waals surface area contributed by atoms with Gasteiger partial charge in [0.05, 0.1) is 16.9 Å². The third kappa shape index (κ3) is 3.07. The maximum absolute atomic E-state index is 5.79. The van der Waals surface area contributed by atoms with Gasteiger partial charge in [-0.3, -0.25) is 0 Å². The number of rotatable bonds is 3. The number of hydrogen-bond donors (Lipinski definition) is 1. The number of nitrogens with one attached hydrogen (secondary N) is 1. The highest BCUT2D eigenvalue weighted by Crippen LogP contribution is 2.33. The van der Waals surface area contributed by atoms with Crippen LogP contribution in [0, 0.1) is 0 Å². The van der Waals surface area contributed by atoms with Crippen molar-refractivity contribution in [1.29, 1.82) is 0 Å². The van der Waals surface area contributed by atoms with Crippen molar-refractivity contribution < 1.29 is 4.74 Å². The molecule has 1 N–H and O–H groups in total. The predicted molar refractivity (Wildman–Crippen MR) is 86.4 cm³/mol. The molecule has 21 heavy (non-hydrogen) atoms. The van der Waals surface area contributed by atoms with Crippen LogP contribution in [0.2, 0.25) is 0 Å². The number of hydrogen-bond acceptors (Lipinski definition) is 3. The molecular formula is C18H20N2O. The molecule has 1 aliphatic rings. The summed E-state index contributed by atoms with van der Waals surface area (Å²) < 4.78 is 5.79. The van der Waals surface area contributed by atoms with E-state index in [1.807, 2.05) is 42.5 Å². The van der Waals surface area contributed by atoms with Gasteiger partial charge in [0, 0.05) is 6.07 Å². The van der Waals surface area contributed by atoms with Gasteiger partial charge in [-0.25, -0.2) is 4.98 Å². The third-order valence-electron chi connectivity index (χ3n) is 3.51. The van der Waals surface area contributed by atoms with Crippen LogP contribution in [0.1, 0.15) is 32.0 Å². The number of pyridine rings is 1. The molecular weight excluding hydrogens is 260 g/mol. The van der Waals surface area contributed by atoms with Crippen molar-refractivity contribution in [1.82, 2.24) is 4.98 Å². The van der Waals surface area contributed by atoms with Crippen molar-refractivity contribution in [2.24, 2.45) is 0 Å². The Bertz CT molecular complexity index is 675. The lowest BCUT2D eigenvalue weighted by atomic mass is 9.94. The lowest BCUT2D eigenvalue weighted by molar-refractivity contribution is 0.293. The van der Waals surface area contributed by atoms with Gasteiger partial charge >= 0.3 is 0 Å². The molecule has 1 aromatic heterocycles. The molecule has 0 aliphatic carbocycles. The zero-order valence-corrected chi connectivity index (χ0v) is 12.7. The van der Waals surface area contributed by atoms with Crippen LogP contribution in [-0.2, 0) is 6.61 Å². The second-order valence-electron chi connectivity index (χ2n) is 5.99. The quantitative estimate of drug-likeness (QED) is 0.911. The molecule has 108 valence electrons. The van der Waals surface area contributed by atoms with Gasteiger partial charge < -0.3 is 10.1 Å². The van der Waals surface area contributed by atoms with E-state index in [4.69, 9.17) is 4.74 Å². The Morgan fingerprint density at radius 3 is 2.62 bits per heavy atom. The smallest absolute Gasteiger partial charge is 0.214 e. The van der Waals surface area contributed by atoms with Crippen molar-refractivity contribution in [3.8, 4) is 5.88 Å². The Hall–Kier alpha value is -2.29. The summed E-state index contributed by atoms with van der Waals surface area (Å²) in [7, 11) is 0. The molecule has 0 saturated carbocycles. The van der Waals surface area contributed by atoms with Gasteiger partial charge in [-0.15, -0.1) is 0 Å². The number of aromatic nitrogens is 1. The first-order chi connectivity index (χ1) is 10.0. The Labute approximate surface area is 125 Å². The summed E-state index contributed by atoms with van der Waals surface area (Å²) in [6.45, 7) is 6.93. The van der Waals surface area contributed by atoms with Gasteiger partial charge in [-0.05, 0) is 38.0 Å². The summed E-state index contributed by atoms with van der Waals surface area (Å²) in [4.78, 5) is 4.62. The van der Waals surface area contributed by atoms with Gasteiger partial charge in [-0.1, -0.05) is 36.4 Å². The molecule has 1 aromatic carbocycles. The van der Waals surface area contributed by atoms with Crippen LogP contribution in [0.15, 0.2) is 48.5 Å². The van der Waals surface area contributed by atoms with Crippen molar-refractivity contribution in [3.05, 3.63) is 59.8 Å². The highest BCUT2D eigenvalue weighted by atomic mass is 16.5. The van der Waals surface area contributed by atoms with E-state index < -0.39 is 0 Å². The minimum atomic E-state index is -0.0365. The summed E-state index contributed by atoms with van der Waals surface area (Å²) in [5.41, 5.74) is 4.32. The van der Waals surface area contributed by atoms with Crippen molar-refractivity contribution in [2.75, 3.05) is 5.32 Å². The lowest BCUT2D eigenvalue weighted by Crippen LogP contribution is -2.31. The standard InChI is InChI=1S/C18H20N2O/c1-13-11-18(2,3)20-15-9-10-16(19-17(13)15)21-12-14-7-5-4-6-8-14/h4-11,20H,12H2,1-3H3. The molecule has 0 saturated heterocycles. The Balaban J connectivity index is 1.79. The van der Waals surface area contributed by atoms with Gasteiger partial charge in [0.15, 0.2) is 0 Å². The molecule has 0 radical (unpaired) electrons. The molecule has 2 aromatic rings. The molecule has 0 spiro atoms. The molecule has 0 amide bonds. The minimum Gasteiger partial charge on any atom is -0.473 e. The second kappa shape index (κ2) is 5.24. The van der Waals surface area contributed by atoms with Gasteiger partial charge in [0.25, 0.3) is 0 Å². The maximum atomic E-state index is 5.79. The van der Waals surface area contributed by atoms with E-state index in [1.165, 1.54) is 5.57 Å². The molecule has 3 heteroatoms. The maximum Gasteiger partial charge on any atom is 0.214 e. The van der Waals surface area contributed by atoms with Crippen LogP contribution < -0.4 is 10.1 Å². The van der Waals surface area contributed by atoms with Gasteiger partial charge in [0.1, 0.15) is 6.61 Å². The van der Waals surface area contributed by atoms with Crippen LogP contribution in [-0.4, -0.2) is 10.5 Å². The molecule has 2 heterocycles. The van der Waals surface area contributed by atoms with Crippen LogP contribution in [0.5, 0.6) is 5.88 Å². The number of nitrogens with zero attached hydrogens (tertiary/aromatic N) is 1. The average Bonchev–Trinajstić information content (AvgIpc) is 2.45. The molecule has 0 bridgehead atoms. The Kier molecular flexibility index (Phi) is 3.42. The van der Waals surface area contributed by atoms with E-state index in [-0.39, 0.29) is 5.54 Å². The fourth-order valence-electron chi connectivity index (χ4n) is 2.65. The number of benzene rings is 1. The van der Waals surface area contributed by atoms with Crippen molar-refractivity contribution >= 4 is 11.3 Å². The van der Waals surface area contributed by atoms with Gasteiger partial charge in [-0.2, -0.15) is 0 Å². The largest absolute Gasteiger partial charge is 0.473 e. The highest BCUT2D eigenvalue weighted by molar-refractivity contribution is 5.77. The Morgan fingerprint density at radius 2 is 1.86 bits per heavy atom. The highest BCUT2D eigenvalue weighted by Gasteiger charge is 2.23. The molecule has 0 fully saturated rings. The first kappa shape index (κ1) is 13.7. The van der Waals surface area contributed by atoms with E-state index in [2.05, 4.69) is 37.1 Å². The minimum absolute atomic E-state index is 0.0365. The first-order valence-electron chi connectivity index (χ1n) is 7.19. The van der Waals surface area contributed by atoms with E-state index in [9.17, 15) is 0 Å². The lowest BCUT2D eigenvalue weighted by Gasteiger charge is -2.30. The monoisotopic (exact) mass is 280 g/mol. The third-order valence-corrected chi connectivity index (χ3v) is 3.51. The van der Waals surface area contributed by atoms with Crippen molar-refractivity contribution in [3.63, 3.8) is 0 Å². The fraction of sp³-hybridized carbons (Fsp3) is 0.278. The van der Waals surface area contributed by atoms with Crippen LogP contribution in [0.25, 0.3) is 5.57 Å². The second-order valence-corrected chi connectivity index (χ2v) is 5.99. The summed E-state index contributed by atoms with van der Waals surface area (Å²) in [6, 6.07) is 14.1. The average molecular weight is 280 g/mol. The number of ether oxygens (including phenoxy) is 1. The summed E-state index contributed by atoms with van der Waals surface area (Å²) >= 11 is 0. The molecule has 0 atom stereocenters. The molecule has 3 rings (SSSR count). The van der Waals surface area contributed by atoms with Crippen LogP contribution in [0.3, 0.4) is 0 Å². The van der Waals surface area contributed by atoms with E-state index in [0.717, 1.165) is 16.9 Å². The summed E-state index contributed by atoms with van der Waals surface area (Å²) in [5, 5.41) is 3.47. The van der Waals surface area contributed by atoms with Gasteiger partial charge in [0.2, 0.25) is 5.88 Å². The fourth-order valence-corrected chi connectivity index (χ4v) is 2.65. The normalized spacial score (nSPS) is 15.7. The predicted octanol–water partition coefficient (Wildman–Crippen LogP) is 4.27. The Morgan fingerprint density at radius 1 is 1.10 bits per heavy atom. The number of anilines is 1. The van der Waals surface area contributed by atoms with E-state index >= 15 is 0 Å². The molecule has 3 nitrogen and oxygen atoms in total. The van der Waals surface area contributed by atoms with E-state index in [1.54, 1.807) is 0 Å². The summed E-state index contributed by atoms with van der Waals surface area (Å²) in [6.07, 6.45) is 2.20. The van der Waals surface area contributed by atoms with Crippen molar-refractivity contribution in [2.45, 2.75) is 32.9 Å². The first-order valence-corrected chi connectivity index (χ1v) is 7.19. The SMILES string of the molecule is CC1=CC(C)(C)Nc2ccc(OCc3ccccc3)nc21. The zero-order chi connectivity index (χ0) is 14.9. The van der Waals surface area contributed by atoms with Crippen LogP contribution in [0.4, 0.5) is 5.69 Å². The zero-order valence-electron chi connectivity index (χ0n) is 12.7. The topological polar surface area (TPSA) is 34.1 Å². The molecule has 1 aliphatic heterocycles. The van der Waals surface area contributed by atoms with Crippen LogP contribution >= 0.6 is 0 Å². The van der Waals surface area contributed by atoms with E-state index in [0.29, 0.717) is 12.5 Å².